The molecule has 0 unspecified atom stereocenters. The Bertz CT molecular complexity index is 991. The highest BCUT2D eigenvalue weighted by Crippen LogP contribution is 2.64. The monoisotopic (exact) mass is 658 g/mol. The van der Waals surface area contributed by atoms with Crippen molar-refractivity contribution in [3.8, 4) is 0 Å². The molecule has 0 heterocycles. The van der Waals surface area contributed by atoms with Gasteiger partial charge in [-0.3, -0.25) is 0 Å². The standard InChI is InChI=1S/C13HF23O4/c14-1(39-12(33,34)4(16,17)3(37)38)2(15)40-13(35,36)10(28,29)8(24,25)6(20,21)5(18,19)7(22,23)9(26,27)11(30,31)32/h(H,37,38)/b2-1+. The van der Waals surface area contributed by atoms with Crippen LogP contribution in [-0.2, 0) is 14.3 Å². The molecule has 1 N–H and O–H groups in total. The molecule has 27 heteroatoms. The van der Waals surface area contributed by atoms with E-state index in [1.807, 2.05) is 4.74 Å². The van der Waals surface area contributed by atoms with Crippen LogP contribution in [0.25, 0.3) is 0 Å². The van der Waals surface area contributed by atoms with Gasteiger partial charge in [-0.05, 0) is 0 Å². The highest BCUT2D eigenvalue weighted by Gasteiger charge is 2.96. The summed E-state index contributed by atoms with van der Waals surface area (Å²) in [5, 5.41) is 7.73. The van der Waals surface area contributed by atoms with Crippen LogP contribution in [-0.4, -0.2) is 70.9 Å². The Labute approximate surface area is 199 Å². The maximum Gasteiger partial charge on any atom is 0.478 e. The van der Waals surface area contributed by atoms with Crippen molar-refractivity contribution < 1.29 is 120 Å². The molecule has 0 spiro atoms. The van der Waals surface area contributed by atoms with Gasteiger partial charge in [0.1, 0.15) is 0 Å². The Morgan fingerprint density at radius 1 is 0.425 bits per heavy atom. The Balaban J connectivity index is 6.71. The third-order valence-corrected chi connectivity index (χ3v) is 3.92. The van der Waals surface area contributed by atoms with Gasteiger partial charge < -0.3 is 14.6 Å². The summed E-state index contributed by atoms with van der Waals surface area (Å²) in [4.78, 5) is 9.88. The highest BCUT2D eigenvalue weighted by molar-refractivity contribution is 5.76. The maximum absolute atomic E-state index is 13.4. The fourth-order valence-electron chi connectivity index (χ4n) is 1.71. The zero-order valence-electron chi connectivity index (χ0n) is 16.9. The first kappa shape index (κ1) is 37.2. The van der Waals surface area contributed by atoms with Gasteiger partial charge in [-0.1, -0.05) is 0 Å². The van der Waals surface area contributed by atoms with Crippen molar-refractivity contribution in [1.29, 1.82) is 0 Å². The Hall–Kier alpha value is -2.80. The van der Waals surface area contributed by atoms with Crippen molar-refractivity contribution in [2.45, 2.75) is 59.9 Å². The van der Waals surface area contributed by atoms with E-state index < -0.39 is 77.8 Å². The second-order valence-corrected chi connectivity index (χ2v) is 6.61. The largest absolute Gasteiger partial charge is 0.478 e. The van der Waals surface area contributed by atoms with Crippen LogP contribution in [0.15, 0.2) is 12.0 Å². The number of hydrogen-bond acceptors (Lipinski definition) is 3. The minimum atomic E-state index is -9.17. The average Bonchev–Trinajstić information content (AvgIpc) is 2.70. The van der Waals surface area contributed by atoms with Crippen molar-refractivity contribution in [2.75, 3.05) is 0 Å². The highest BCUT2D eigenvalue weighted by atomic mass is 19.4. The number of carboxylic acid groups (broad SMARTS) is 1. The lowest BCUT2D eigenvalue weighted by Gasteiger charge is -2.42. The molecule has 0 aromatic heterocycles. The predicted octanol–water partition coefficient (Wildman–Crippen LogP) is 7.36. The SMILES string of the molecule is O=C(O)C(F)(F)C(F)(F)O/C(F)=C(\F)OC(F)(F)C(F)(F)C(F)(F)C(F)(F)C(F)(F)C(F)(F)C(F)(F)C(F)(F)F. The van der Waals surface area contributed by atoms with Crippen LogP contribution < -0.4 is 0 Å². The summed E-state index contributed by atoms with van der Waals surface area (Å²) < 4.78 is 300. The molecule has 0 aromatic carbocycles. The summed E-state index contributed by atoms with van der Waals surface area (Å²) in [6.45, 7) is 0. The lowest BCUT2D eigenvalue weighted by atomic mass is 9.90. The molecule has 0 bridgehead atoms. The van der Waals surface area contributed by atoms with Gasteiger partial charge in [0.05, 0.1) is 0 Å². The van der Waals surface area contributed by atoms with Gasteiger partial charge in [-0.2, -0.15) is 101 Å². The van der Waals surface area contributed by atoms with Gasteiger partial charge in [0.25, 0.3) is 0 Å². The molecule has 0 aliphatic heterocycles. The summed E-state index contributed by atoms with van der Waals surface area (Å²) in [5.41, 5.74) is 0. The molecule has 40 heavy (non-hydrogen) atoms. The van der Waals surface area contributed by atoms with Crippen LogP contribution in [0, 0.1) is 0 Å². The van der Waals surface area contributed by atoms with Crippen molar-refractivity contribution in [3.05, 3.63) is 12.0 Å². The fourth-order valence-corrected chi connectivity index (χ4v) is 1.71. The molecule has 0 aliphatic rings. The van der Waals surface area contributed by atoms with Crippen molar-refractivity contribution >= 4 is 5.97 Å². The molecule has 0 fully saturated rings. The van der Waals surface area contributed by atoms with E-state index in [9.17, 15) is 106 Å². The number of carboxylic acids is 1. The Morgan fingerprint density at radius 3 is 0.950 bits per heavy atom. The van der Waals surface area contributed by atoms with Gasteiger partial charge in [-0.25, -0.2) is 4.79 Å². The zero-order chi connectivity index (χ0) is 33.1. The molecule has 0 rings (SSSR count). The fraction of sp³-hybridized carbons (Fsp3) is 0.769. The molecule has 0 saturated carbocycles. The van der Waals surface area contributed by atoms with E-state index in [2.05, 4.69) is 0 Å². The normalized spacial score (nSPS) is 16.5. The predicted molar refractivity (Wildman–Crippen MR) is 69.6 cm³/mol. The van der Waals surface area contributed by atoms with E-state index in [1.165, 1.54) is 4.74 Å². The quantitative estimate of drug-likeness (QED) is 0.176. The summed E-state index contributed by atoms with van der Waals surface area (Å²) in [5.74, 6) is -64.1. The van der Waals surface area contributed by atoms with Crippen molar-refractivity contribution in [1.82, 2.24) is 0 Å². The Kier molecular flexibility index (Phi) is 8.97. The lowest BCUT2D eigenvalue weighted by molar-refractivity contribution is -0.476. The number of hydrogen-bond donors (Lipinski definition) is 1. The van der Waals surface area contributed by atoms with Crippen LogP contribution in [0.5, 0.6) is 0 Å². The van der Waals surface area contributed by atoms with Crippen molar-refractivity contribution in [2.24, 2.45) is 0 Å². The van der Waals surface area contributed by atoms with Gasteiger partial charge in [0.2, 0.25) is 0 Å². The van der Waals surface area contributed by atoms with Gasteiger partial charge in [0.15, 0.2) is 0 Å². The molecular formula is C13HF23O4. The summed E-state index contributed by atoms with van der Waals surface area (Å²) in [6.07, 6.45) is -23.1. The summed E-state index contributed by atoms with van der Waals surface area (Å²) >= 11 is 0. The molecule has 4 nitrogen and oxygen atoms in total. The second-order valence-electron chi connectivity index (χ2n) is 6.61. The van der Waals surface area contributed by atoms with E-state index in [1.54, 1.807) is 0 Å². The molecule has 238 valence electrons. The molecule has 0 radical (unpaired) electrons. The lowest BCUT2D eigenvalue weighted by Crippen LogP contribution is -2.74. The van der Waals surface area contributed by atoms with Gasteiger partial charge >= 0.3 is 77.8 Å². The van der Waals surface area contributed by atoms with Crippen LogP contribution in [0.1, 0.15) is 0 Å². The number of halogens is 23. The third kappa shape index (κ3) is 5.17. The van der Waals surface area contributed by atoms with Crippen LogP contribution in [0.3, 0.4) is 0 Å². The van der Waals surface area contributed by atoms with Crippen LogP contribution in [0.4, 0.5) is 101 Å². The minimum Gasteiger partial charge on any atom is -0.477 e. The summed E-state index contributed by atoms with van der Waals surface area (Å²) in [6, 6.07) is -9.25. The number of rotatable bonds is 12. The smallest absolute Gasteiger partial charge is 0.477 e. The van der Waals surface area contributed by atoms with E-state index in [0.29, 0.717) is 0 Å². The van der Waals surface area contributed by atoms with E-state index >= 15 is 0 Å². The molecule has 0 amide bonds. The van der Waals surface area contributed by atoms with Crippen molar-refractivity contribution in [3.63, 3.8) is 0 Å². The molecular weight excluding hydrogens is 657 g/mol. The Morgan fingerprint density at radius 2 is 0.675 bits per heavy atom. The van der Waals surface area contributed by atoms with Crippen LogP contribution in [0.2, 0.25) is 0 Å². The number of aliphatic carboxylic acids is 1. The van der Waals surface area contributed by atoms with Gasteiger partial charge in [0, 0.05) is 0 Å². The third-order valence-electron chi connectivity index (χ3n) is 3.92. The molecule has 0 aromatic rings. The molecule has 0 saturated heterocycles. The van der Waals surface area contributed by atoms with E-state index in [-0.39, 0.29) is 0 Å². The summed E-state index contributed by atoms with van der Waals surface area (Å²) in [7, 11) is 0. The van der Waals surface area contributed by atoms with E-state index in [0.717, 1.165) is 0 Å². The maximum atomic E-state index is 13.4. The van der Waals surface area contributed by atoms with Gasteiger partial charge in [-0.15, -0.1) is 0 Å². The molecule has 0 aliphatic carbocycles. The number of carbonyl (C=O) groups is 1. The number of ether oxygens (including phenoxy) is 2. The van der Waals surface area contributed by atoms with E-state index in [4.69, 9.17) is 5.11 Å². The average molecular weight is 658 g/mol. The first-order valence-corrected chi connectivity index (χ1v) is 8.09. The van der Waals surface area contributed by atoms with Crippen LogP contribution >= 0.6 is 0 Å². The second kappa shape index (κ2) is 9.64. The number of alkyl halides is 21. The minimum absolute atomic E-state index is 1.51. The first-order valence-electron chi connectivity index (χ1n) is 8.09. The zero-order valence-corrected chi connectivity index (χ0v) is 16.9. The first-order chi connectivity index (χ1) is 17.0. The molecule has 0 atom stereocenters. The topological polar surface area (TPSA) is 55.8 Å².